The summed E-state index contributed by atoms with van der Waals surface area (Å²) in [6.07, 6.45) is 6.23. The average Bonchev–Trinajstić information content (AvgIpc) is 3.36. The SMILES string of the molecule is CCc1cccc(CCc2ccccc2CC[C@@H]2CO2)c1. The van der Waals surface area contributed by atoms with Gasteiger partial charge in [0.2, 0.25) is 0 Å². The number of ether oxygens (including phenoxy) is 1. The van der Waals surface area contributed by atoms with Gasteiger partial charge in [0, 0.05) is 0 Å². The van der Waals surface area contributed by atoms with E-state index in [1.807, 2.05) is 0 Å². The molecule has 1 heteroatoms. The molecule has 0 aliphatic carbocycles. The molecule has 0 saturated carbocycles. The van der Waals surface area contributed by atoms with Crippen LogP contribution in [0.1, 0.15) is 35.6 Å². The Bertz CT molecular complexity index is 584. The van der Waals surface area contributed by atoms with Crippen LogP contribution in [0.3, 0.4) is 0 Å². The Labute approximate surface area is 128 Å². The molecule has 0 bridgehead atoms. The molecular weight excluding hydrogens is 256 g/mol. The third-order valence-electron chi connectivity index (χ3n) is 4.34. The first-order valence-corrected chi connectivity index (χ1v) is 8.11. The van der Waals surface area contributed by atoms with Crippen molar-refractivity contribution in [2.45, 2.75) is 45.1 Å². The van der Waals surface area contributed by atoms with E-state index >= 15 is 0 Å². The zero-order valence-electron chi connectivity index (χ0n) is 12.8. The fourth-order valence-corrected chi connectivity index (χ4v) is 2.88. The van der Waals surface area contributed by atoms with Crippen LogP contribution in [0, 0.1) is 0 Å². The Hall–Kier alpha value is -1.60. The minimum absolute atomic E-state index is 0.527. The lowest BCUT2D eigenvalue weighted by Gasteiger charge is -2.09. The molecule has 2 aromatic rings. The Morgan fingerprint density at radius 2 is 1.62 bits per heavy atom. The van der Waals surface area contributed by atoms with Gasteiger partial charge in [0.25, 0.3) is 0 Å². The third-order valence-corrected chi connectivity index (χ3v) is 4.34. The first-order valence-electron chi connectivity index (χ1n) is 8.11. The molecule has 110 valence electrons. The maximum Gasteiger partial charge on any atom is 0.0813 e. The molecule has 0 spiro atoms. The molecule has 2 aromatic carbocycles. The number of benzene rings is 2. The van der Waals surface area contributed by atoms with E-state index in [4.69, 9.17) is 4.74 Å². The number of aryl methyl sites for hydroxylation is 4. The number of hydrogen-bond acceptors (Lipinski definition) is 1. The van der Waals surface area contributed by atoms with Crippen LogP contribution >= 0.6 is 0 Å². The minimum atomic E-state index is 0.527. The molecule has 0 unspecified atom stereocenters. The maximum absolute atomic E-state index is 5.32. The Balaban J connectivity index is 1.63. The molecule has 0 amide bonds. The molecule has 0 N–H and O–H groups in total. The van der Waals surface area contributed by atoms with E-state index in [1.165, 1.54) is 28.7 Å². The number of rotatable bonds is 7. The van der Waals surface area contributed by atoms with Crippen LogP contribution < -0.4 is 0 Å². The molecule has 0 aromatic heterocycles. The largest absolute Gasteiger partial charge is 0.373 e. The summed E-state index contributed by atoms with van der Waals surface area (Å²) in [6, 6.07) is 17.9. The maximum atomic E-state index is 5.32. The van der Waals surface area contributed by atoms with E-state index in [1.54, 1.807) is 0 Å². The van der Waals surface area contributed by atoms with Crippen molar-refractivity contribution >= 4 is 0 Å². The smallest absolute Gasteiger partial charge is 0.0813 e. The molecule has 3 rings (SSSR count). The third kappa shape index (κ3) is 4.18. The summed E-state index contributed by atoms with van der Waals surface area (Å²) in [5.41, 5.74) is 5.89. The Morgan fingerprint density at radius 1 is 0.905 bits per heavy atom. The van der Waals surface area contributed by atoms with Crippen molar-refractivity contribution in [3.8, 4) is 0 Å². The van der Waals surface area contributed by atoms with Gasteiger partial charge in [-0.05, 0) is 54.4 Å². The molecule has 1 atom stereocenters. The second-order valence-corrected chi connectivity index (χ2v) is 5.94. The van der Waals surface area contributed by atoms with Crippen LogP contribution in [-0.2, 0) is 30.4 Å². The molecule has 0 radical (unpaired) electrons. The Morgan fingerprint density at radius 3 is 2.33 bits per heavy atom. The van der Waals surface area contributed by atoms with Crippen molar-refractivity contribution in [3.63, 3.8) is 0 Å². The van der Waals surface area contributed by atoms with Crippen molar-refractivity contribution in [1.29, 1.82) is 0 Å². The highest BCUT2D eigenvalue weighted by atomic mass is 16.6. The normalized spacial score (nSPS) is 16.9. The van der Waals surface area contributed by atoms with Crippen LogP contribution in [0.15, 0.2) is 48.5 Å². The van der Waals surface area contributed by atoms with E-state index < -0.39 is 0 Å². The van der Waals surface area contributed by atoms with Crippen LogP contribution in [0.25, 0.3) is 0 Å². The fourth-order valence-electron chi connectivity index (χ4n) is 2.88. The highest BCUT2D eigenvalue weighted by molar-refractivity contribution is 5.30. The molecule has 1 heterocycles. The molecular formula is C20H24O. The summed E-state index contributed by atoms with van der Waals surface area (Å²) in [5, 5.41) is 0. The van der Waals surface area contributed by atoms with Gasteiger partial charge >= 0.3 is 0 Å². The highest BCUT2D eigenvalue weighted by Crippen LogP contribution is 2.20. The number of hydrogen-bond donors (Lipinski definition) is 0. The van der Waals surface area contributed by atoms with Crippen LogP contribution in [0.4, 0.5) is 0 Å². The molecule has 1 aliphatic rings. The van der Waals surface area contributed by atoms with Gasteiger partial charge < -0.3 is 4.74 Å². The van der Waals surface area contributed by atoms with Gasteiger partial charge in [0.1, 0.15) is 0 Å². The first kappa shape index (κ1) is 14.3. The predicted octanol–water partition coefficient (Wildman–Crippen LogP) is 4.37. The fraction of sp³-hybridized carbons (Fsp3) is 0.400. The van der Waals surface area contributed by atoms with Crippen LogP contribution in [0.2, 0.25) is 0 Å². The van der Waals surface area contributed by atoms with Gasteiger partial charge in [-0.2, -0.15) is 0 Å². The summed E-state index contributed by atoms with van der Waals surface area (Å²) >= 11 is 0. The van der Waals surface area contributed by atoms with Gasteiger partial charge in [0.15, 0.2) is 0 Å². The van der Waals surface area contributed by atoms with Crippen LogP contribution in [-0.4, -0.2) is 12.7 Å². The molecule has 21 heavy (non-hydrogen) atoms. The lowest BCUT2D eigenvalue weighted by atomic mass is 9.96. The Kier molecular flexibility index (Phi) is 4.72. The van der Waals surface area contributed by atoms with Crippen LogP contribution in [0.5, 0.6) is 0 Å². The topological polar surface area (TPSA) is 12.5 Å². The van der Waals surface area contributed by atoms with E-state index in [9.17, 15) is 0 Å². The monoisotopic (exact) mass is 280 g/mol. The second-order valence-electron chi connectivity index (χ2n) is 5.94. The van der Waals surface area contributed by atoms with Gasteiger partial charge in [-0.25, -0.2) is 0 Å². The number of epoxide rings is 1. The van der Waals surface area contributed by atoms with Crippen molar-refractivity contribution in [2.75, 3.05) is 6.61 Å². The second kappa shape index (κ2) is 6.91. The van der Waals surface area contributed by atoms with E-state index in [0.29, 0.717) is 6.10 Å². The van der Waals surface area contributed by atoms with E-state index in [0.717, 1.165) is 32.3 Å². The summed E-state index contributed by atoms with van der Waals surface area (Å²) in [6.45, 7) is 3.18. The van der Waals surface area contributed by atoms with Crippen molar-refractivity contribution in [2.24, 2.45) is 0 Å². The molecule has 1 saturated heterocycles. The minimum Gasteiger partial charge on any atom is -0.373 e. The standard InChI is InChI=1S/C20H24O/c1-2-16-6-5-7-17(14-16)10-11-18-8-3-4-9-19(18)12-13-20-15-21-20/h3-9,14,20H,2,10-13,15H2,1H3/t20-/m1/s1. The molecule has 1 aliphatic heterocycles. The van der Waals surface area contributed by atoms with Gasteiger partial charge in [-0.3, -0.25) is 0 Å². The average molecular weight is 280 g/mol. The molecule has 1 nitrogen and oxygen atoms in total. The quantitative estimate of drug-likeness (QED) is 0.686. The van der Waals surface area contributed by atoms with Gasteiger partial charge in [0.05, 0.1) is 12.7 Å². The lowest BCUT2D eigenvalue weighted by molar-refractivity contribution is 0.396. The first-order chi connectivity index (χ1) is 10.3. The molecule has 1 fully saturated rings. The van der Waals surface area contributed by atoms with Gasteiger partial charge in [-0.1, -0.05) is 55.5 Å². The summed E-state index contributed by atoms with van der Waals surface area (Å²) < 4.78 is 5.32. The highest BCUT2D eigenvalue weighted by Gasteiger charge is 2.21. The van der Waals surface area contributed by atoms with Crippen molar-refractivity contribution in [3.05, 3.63) is 70.8 Å². The van der Waals surface area contributed by atoms with E-state index in [2.05, 4.69) is 55.5 Å². The summed E-state index contributed by atoms with van der Waals surface area (Å²) in [4.78, 5) is 0. The predicted molar refractivity (Wildman–Crippen MR) is 87.7 cm³/mol. The zero-order chi connectivity index (χ0) is 14.5. The van der Waals surface area contributed by atoms with E-state index in [-0.39, 0.29) is 0 Å². The van der Waals surface area contributed by atoms with Crippen molar-refractivity contribution in [1.82, 2.24) is 0 Å². The van der Waals surface area contributed by atoms with Crippen molar-refractivity contribution < 1.29 is 4.74 Å². The zero-order valence-corrected chi connectivity index (χ0v) is 12.8. The van der Waals surface area contributed by atoms with Gasteiger partial charge in [-0.15, -0.1) is 0 Å². The lowest BCUT2D eigenvalue weighted by Crippen LogP contribution is -1.99. The summed E-state index contributed by atoms with van der Waals surface area (Å²) in [5.74, 6) is 0. The summed E-state index contributed by atoms with van der Waals surface area (Å²) in [7, 11) is 0.